The summed E-state index contributed by atoms with van der Waals surface area (Å²) in [6.07, 6.45) is 0. The Hall–Kier alpha value is -2.70. The molecule has 0 aliphatic carbocycles. The van der Waals surface area contributed by atoms with Gasteiger partial charge in [0.1, 0.15) is 0 Å². The molecule has 0 spiro atoms. The third kappa shape index (κ3) is 5.15. The van der Waals surface area contributed by atoms with Crippen LogP contribution in [0.5, 0.6) is 0 Å². The first-order valence-electron chi connectivity index (χ1n) is 8.72. The van der Waals surface area contributed by atoms with Gasteiger partial charge >= 0.3 is 5.97 Å². The van der Waals surface area contributed by atoms with Gasteiger partial charge in [-0.05, 0) is 29.8 Å². The lowest BCUT2D eigenvalue weighted by molar-refractivity contribution is -0.117. The van der Waals surface area contributed by atoms with E-state index in [9.17, 15) is 9.59 Å². The Morgan fingerprint density at radius 3 is 2.31 bits per heavy atom. The predicted molar refractivity (Wildman–Crippen MR) is 100 cm³/mol. The third-order valence-electron chi connectivity index (χ3n) is 4.47. The van der Waals surface area contributed by atoms with Crippen LogP contribution in [0.2, 0.25) is 0 Å². The first-order chi connectivity index (χ1) is 12.6. The second-order valence-electron chi connectivity index (χ2n) is 6.47. The topological polar surface area (TPSA) is 72.9 Å². The normalized spacial score (nSPS) is 15.5. The van der Waals surface area contributed by atoms with Crippen LogP contribution in [-0.4, -0.2) is 59.5 Å². The molecule has 1 aliphatic heterocycles. The average molecular weight is 353 g/mol. The first kappa shape index (κ1) is 18.1. The maximum atomic E-state index is 12.1. The van der Waals surface area contributed by atoms with Gasteiger partial charge in [0.15, 0.2) is 0 Å². The molecule has 136 valence electrons. The summed E-state index contributed by atoms with van der Waals surface area (Å²) in [6, 6.07) is 16.5. The van der Waals surface area contributed by atoms with E-state index in [1.54, 1.807) is 18.2 Å². The standard InChI is InChI=1S/C20H23N3O3/c24-19(21-18-7-2-1-3-8-18)15-23-11-9-22(10-12-23)14-16-5-4-6-17(13-16)20(25)26/h1-8,13H,9-12,14-15H2,(H,21,24)(H,25,26). The maximum absolute atomic E-state index is 12.1. The quantitative estimate of drug-likeness (QED) is 0.832. The number of aromatic carboxylic acids is 1. The van der Waals surface area contributed by atoms with Crippen molar-refractivity contribution < 1.29 is 14.7 Å². The highest BCUT2D eigenvalue weighted by Gasteiger charge is 2.19. The van der Waals surface area contributed by atoms with Crippen LogP contribution < -0.4 is 5.32 Å². The van der Waals surface area contributed by atoms with Crippen molar-refractivity contribution in [3.63, 3.8) is 0 Å². The monoisotopic (exact) mass is 353 g/mol. The molecule has 2 aromatic carbocycles. The van der Waals surface area contributed by atoms with Crippen molar-refractivity contribution in [3.05, 3.63) is 65.7 Å². The molecule has 0 atom stereocenters. The van der Waals surface area contributed by atoms with Crippen LogP contribution in [0.15, 0.2) is 54.6 Å². The van der Waals surface area contributed by atoms with Crippen LogP contribution in [0.1, 0.15) is 15.9 Å². The average Bonchev–Trinajstić information content (AvgIpc) is 2.64. The van der Waals surface area contributed by atoms with E-state index in [0.29, 0.717) is 12.1 Å². The molecule has 0 unspecified atom stereocenters. The van der Waals surface area contributed by atoms with E-state index in [1.165, 1.54) is 0 Å². The van der Waals surface area contributed by atoms with Crippen molar-refractivity contribution >= 4 is 17.6 Å². The number of benzene rings is 2. The largest absolute Gasteiger partial charge is 0.478 e. The predicted octanol–water partition coefficient (Wildman–Crippen LogP) is 2.14. The molecule has 6 heteroatoms. The molecule has 0 saturated carbocycles. The molecule has 0 aromatic heterocycles. The van der Waals surface area contributed by atoms with Gasteiger partial charge in [0.05, 0.1) is 12.1 Å². The number of para-hydroxylation sites is 1. The van der Waals surface area contributed by atoms with E-state index in [2.05, 4.69) is 15.1 Å². The number of piperazine rings is 1. The highest BCUT2D eigenvalue weighted by molar-refractivity contribution is 5.92. The zero-order valence-electron chi connectivity index (χ0n) is 14.6. The van der Waals surface area contributed by atoms with Crippen LogP contribution in [0.4, 0.5) is 5.69 Å². The Balaban J connectivity index is 1.45. The van der Waals surface area contributed by atoms with Crippen LogP contribution in [-0.2, 0) is 11.3 Å². The summed E-state index contributed by atoms with van der Waals surface area (Å²) in [5.74, 6) is -0.903. The lowest BCUT2D eigenvalue weighted by atomic mass is 10.1. The summed E-state index contributed by atoms with van der Waals surface area (Å²) in [6.45, 7) is 4.47. The van der Waals surface area contributed by atoms with Crippen molar-refractivity contribution in [2.75, 3.05) is 38.0 Å². The summed E-state index contributed by atoms with van der Waals surface area (Å²) in [5.41, 5.74) is 2.13. The van der Waals surface area contributed by atoms with Crippen molar-refractivity contribution in [2.24, 2.45) is 0 Å². The van der Waals surface area contributed by atoms with Crippen LogP contribution in [0.3, 0.4) is 0 Å². The number of carbonyl (C=O) groups is 2. The van der Waals surface area contributed by atoms with Crippen LogP contribution in [0, 0.1) is 0 Å². The van der Waals surface area contributed by atoms with Gasteiger partial charge in [-0.3, -0.25) is 14.6 Å². The molecule has 1 amide bonds. The van der Waals surface area contributed by atoms with Crippen molar-refractivity contribution in [1.82, 2.24) is 9.80 Å². The number of anilines is 1. The van der Waals surface area contributed by atoms with Crippen molar-refractivity contribution in [3.8, 4) is 0 Å². The minimum absolute atomic E-state index is 0.00110. The number of carboxylic acid groups (broad SMARTS) is 1. The van der Waals surface area contributed by atoms with Crippen molar-refractivity contribution in [1.29, 1.82) is 0 Å². The van der Waals surface area contributed by atoms with Crippen molar-refractivity contribution in [2.45, 2.75) is 6.54 Å². The molecule has 6 nitrogen and oxygen atoms in total. The Morgan fingerprint density at radius 2 is 1.62 bits per heavy atom. The highest BCUT2D eigenvalue weighted by atomic mass is 16.4. The van der Waals surface area contributed by atoms with E-state index < -0.39 is 5.97 Å². The molecule has 2 N–H and O–H groups in total. The lowest BCUT2D eigenvalue weighted by Gasteiger charge is -2.34. The third-order valence-corrected chi connectivity index (χ3v) is 4.47. The van der Waals surface area contributed by atoms with Gasteiger partial charge in [-0.15, -0.1) is 0 Å². The smallest absolute Gasteiger partial charge is 0.335 e. The second kappa shape index (κ2) is 8.60. The Morgan fingerprint density at radius 1 is 0.923 bits per heavy atom. The Kier molecular flexibility index (Phi) is 5.99. The minimum atomic E-state index is -0.902. The molecule has 3 rings (SSSR count). The Bertz CT molecular complexity index is 756. The number of nitrogens with one attached hydrogen (secondary N) is 1. The molecular weight excluding hydrogens is 330 g/mol. The van der Waals surface area contributed by atoms with Gasteiger partial charge in [0.2, 0.25) is 5.91 Å². The van der Waals surface area contributed by atoms with Gasteiger partial charge in [0.25, 0.3) is 0 Å². The molecule has 1 fully saturated rings. The van der Waals surface area contributed by atoms with E-state index >= 15 is 0 Å². The van der Waals surface area contributed by atoms with Crippen LogP contribution in [0.25, 0.3) is 0 Å². The van der Waals surface area contributed by atoms with E-state index in [0.717, 1.165) is 44.0 Å². The number of amides is 1. The number of hydrogen-bond acceptors (Lipinski definition) is 4. The molecule has 1 heterocycles. The van der Waals surface area contributed by atoms with Crippen LogP contribution >= 0.6 is 0 Å². The fourth-order valence-electron chi connectivity index (χ4n) is 3.09. The molecule has 2 aromatic rings. The highest BCUT2D eigenvalue weighted by Crippen LogP contribution is 2.11. The fourth-order valence-corrected chi connectivity index (χ4v) is 3.09. The SMILES string of the molecule is O=C(CN1CCN(Cc2cccc(C(=O)O)c2)CC1)Nc1ccccc1. The summed E-state index contributed by atoms with van der Waals surface area (Å²) < 4.78 is 0. The molecular formula is C20H23N3O3. The minimum Gasteiger partial charge on any atom is -0.478 e. The molecule has 0 bridgehead atoms. The lowest BCUT2D eigenvalue weighted by Crippen LogP contribution is -2.48. The zero-order valence-corrected chi connectivity index (χ0v) is 14.6. The number of hydrogen-bond donors (Lipinski definition) is 2. The maximum Gasteiger partial charge on any atom is 0.335 e. The summed E-state index contributed by atoms with van der Waals surface area (Å²) in [4.78, 5) is 27.6. The van der Waals surface area contributed by atoms with Gasteiger partial charge < -0.3 is 10.4 Å². The molecule has 26 heavy (non-hydrogen) atoms. The molecule has 1 aliphatic rings. The second-order valence-corrected chi connectivity index (χ2v) is 6.47. The van der Waals surface area contributed by atoms with E-state index in [4.69, 9.17) is 5.11 Å². The van der Waals surface area contributed by atoms with Gasteiger partial charge in [-0.25, -0.2) is 4.79 Å². The number of rotatable bonds is 6. The van der Waals surface area contributed by atoms with E-state index in [-0.39, 0.29) is 5.91 Å². The first-order valence-corrected chi connectivity index (χ1v) is 8.72. The van der Waals surface area contributed by atoms with Gasteiger partial charge in [-0.2, -0.15) is 0 Å². The molecule has 1 saturated heterocycles. The fraction of sp³-hybridized carbons (Fsp3) is 0.300. The summed E-state index contributed by atoms with van der Waals surface area (Å²) in [7, 11) is 0. The van der Waals surface area contributed by atoms with Gasteiger partial charge in [0, 0.05) is 38.4 Å². The van der Waals surface area contributed by atoms with Gasteiger partial charge in [-0.1, -0.05) is 30.3 Å². The number of nitrogens with zero attached hydrogens (tertiary/aromatic N) is 2. The zero-order chi connectivity index (χ0) is 18.4. The summed E-state index contributed by atoms with van der Waals surface area (Å²) in [5, 5.41) is 12.0. The number of carbonyl (C=O) groups excluding carboxylic acids is 1. The number of carboxylic acids is 1. The van der Waals surface area contributed by atoms with E-state index in [1.807, 2.05) is 36.4 Å². The molecule has 0 radical (unpaired) electrons. The summed E-state index contributed by atoms with van der Waals surface area (Å²) >= 11 is 0. The Labute approximate surface area is 153 Å².